The normalized spacial score (nSPS) is 18.3. The van der Waals surface area contributed by atoms with Crippen molar-refractivity contribution in [3.8, 4) is 5.75 Å². The topological polar surface area (TPSA) is 70.1 Å². The van der Waals surface area contributed by atoms with Crippen LogP contribution in [0.1, 0.15) is 57.6 Å². The van der Waals surface area contributed by atoms with Gasteiger partial charge in [0.05, 0.1) is 18.2 Å². The maximum absolute atomic E-state index is 13.3. The lowest BCUT2D eigenvalue weighted by Crippen LogP contribution is -2.42. The molecule has 1 aliphatic rings. The minimum Gasteiger partial charge on any atom is -0.507 e. The molecule has 2 aromatic rings. The Balaban J connectivity index is 1.98. The Bertz CT molecular complexity index is 1010. The van der Waals surface area contributed by atoms with Gasteiger partial charge in [0.1, 0.15) is 11.5 Å². The highest BCUT2D eigenvalue weighted by atomic mass is 16.5. The van der Waals surface area contributed by atoms with Crippen LogP contribution in [-0.2, 0) is 9.59 Å². The van der Waals surface area contributed by atoms with Gasteiger partial charge in [-0.2, -0.15) is 0 Å². The van der Waals surface area contributed by atoms with Gasteiger partial charge in [-0.25, -0.2) is 0 Å². The Labute approximate surface area is 209 Å². The molecule has 1 aliphatic heterocycles. The second kappa shape index (κ2) is 12.5. The summed E-state index contributed by atoms with van der Waals surface area (Å²) in [5.41, 5.74) is 1.68. The number of likely N-dealkylation sites (N-methyl/N-ethyl adjacent to an activating group) is 1. The number of Topliss-reactive ketones (excluding diaryl/α,β-unsaturated/α-hetero) is 1. The van der Waals surface area contributed by atoms with Crippen molar-refractivity contribution in [1.29, 1.82) is 0 Å². The van der Waals surface area contributed by atoms with Crippen LogP contribution in [0.3, 0.4) is 0 Å². The zero-order valence-corrected chi connectivity index (χ0v) is 21.4. The third kappa shape index (κ3) is 6.12. The van der Waals surface area contributed by atoms with E-state index in [2.05, 4.69) is 25.7 Å². The zero-order valence-electron chi connectivity index (χ0n) is 21.4. The molecule has 0 radical (unpaired) electrons. The van der Waals surface area contributed by atoms with Crippen LogP contribution in [0.2, 0.25) is 0 Å². The molecule has 0 aliphatic carbocycles. The standard InChI is InChI=1S/C29H38N2O4/c1-5-8-20-35-24-16-14-23(15-17-24)27(32)25-26(21(4)22-12-10-9-11-13-22)31(29(34)28(25)33)19-18-30(6-2)7-3/h9-17,21,26,32H,5-8,18-20H2,1-4H3/b27-25+. The van der Waals surface area contributed by atoms with E-state index in [1.165, 1.54) is 0 Å². The van der Waals surface area contributed by atoms with Gasteiger partial charge < -0.3 is 19.6 Å². The monoisotopic (exact) mass is 478 g/mol. The average Bonchev–Trinajstić information content (AvgIpc) is 3.14. The van der Waals surface area contributed by atoms with Crippen molar-refractivity contribution in [1.82, 2.24) is 9.80 Å². The first-order valence-corrected chi connectivity index (χ1v) is 12.7. The molecule has 6 nitrogen and oxygen atoms in total. The van der Waals surface area contributed by atoms with Gasteiger partial charge in [0.15, 0.2) is 0 Å². The lowest BCUT2D eigenvalue weighted by Gasteiger charge is -2.32. The number of carbonyl (C=O) groups is 2. The van der Waals surface area contributed by atoms with Gasteiger partial charge in [0.2, 0.25) is 0 Å². The molecule has 0 saturated carbocycles. The van der Waals surface area contributed by atoms with Crippen LogP contribution in [0.5, 0.6) is 5.75 Å². The van der Waals surface area contributed by atoms with Gasteiger partial charge in [-0.15, -0.1) is 0 Å². The molecule has 2 atom stereocenters. The molecule has 0 aromatic heterocycles. The fourth-order valence-corrected chi connectivity index (χ4v) is 4.60. The van der Waals surface area contributed by atoms with E-state index in [0.29, 0.717) is 31.0 Å². The maximum atomic E-state index is 13.3. The first kappa shape index (κ1) is 26.5. The van der Waals surface area contributed by atoms with Crippen LogP contribution >= 0.6 is 0 Å². The molecule has 1 fully saturated rings. The molecule has 35 heavy (non-hydrogen) atoms. The smallest absolute Gasteiger partial charge is 0.295 e. The van der Waals surface area contributed by atoms with E-state index in [9.17, 15) is 14.7 Å². The minimum atomic E-state index is -0.627. The molecule has 3 rings (SSSR count). The number of ether oxygens (including phenoxy) is 1. The lowest BCUT2D eigenvalue weighted by atomic mass is 9.87. The highest BCUT2D eigenvalue weighted by Crippen LogP contribution is 2.37. The van der Waals surface area contributed by atoms with E-state index in [0.717, 1.165) is 31.5 Å². The zero-order chi connectivity index (χ0) is 25.4. The van der Waals surface area contributed by atoms with E-state index < -0.39 is 17.7 Å². The Morgan fingerprint density at radius 2 is 1.69 bits per heavy atom. The number of carbonyl (C=O) groups excluding carboxylic acids is 2. The number of hydrogen-bond donors (Lipinski definition) is 1. The van der Waals surface area contributed by atoms with Crippen molar-refractivity contribution >= 4 is 17.4 Å². The van der Waals surface area contributed by atoms with Gasteiger partial charge >= 0.3 is 0 Å². The molecule has 1 N–H and O–H groups in total. The number of hydrogen-bond acceptors (Lipinski definition) is 5. The average molecular weight is 479 g/mol. The number of aliphatic hydroxyl groups is 1. The van der Waals surface area contributed by atoms with E-state index in [1.54, 1.807) is 29.2 Å². The summed E-state index contributed by atoms with van der Waals surface area (Å²) in [7, 11) is 0. The Kier molecular flexibility index (Phi) is 9.49. The molecule has 1 saturated heterocycles. The minimum absolute atomic E-state index is 0.137. The van der Waals surface area contributed by atoms with E-state index >= 15 is 0 Å². The Hall–Kier alpha value is -3.12. The number of nitrogens with zero attached hydrogens (tertiary/aromatic N) is 2. The van der Waals surface area contributed by atoms with Crippen LogP contribution in [0.15, 0.2) is 60.2 Å². The summed E-state index contributed by atoms with van der Waals surface area (Å²) in [6, 6.07) is 16.3. The second-order valence-corrected chi connectivity index (χ2v) is 8.99. The van der Waals surface area contributed by atoms with Crippen molar-refractivity contribution in [2.75, 3.05) is 32.8 Å². The molecule has 6 heteroatoms. The largest absolute Gasteiger partial charge is 0.507 e. The summed E-state index contributed by atoms with van der Waals surface area (Å²) >= 11 is 0. The van der Waals surface area contributed by atoms with Crippen LogP contribution < -0.4 is 4.74 Å². The third-order valence-electron chi connectivity index (χ3n) is 6.83. The van der Waals surface area contributed by atoms with Crippen LogP contribution in [-0.4, -0.2) is 65.4 Å². The molecule has 188 valence electrons. The lowest BCUT2D eigenvalue weighted by molar-refractivity contribution is -0.140. The van der Waals surface area contributed by atoms with Gasteiger partial charge in [-0.3, -0.25) is 9.59 Å². The second-order valence-electron chi connectivity index (χ2n) is 8.99. The summed E-state index contributed by atoms with van der Waals surface area (Å²) in [5.74, 6) is -0.772. The van der Waals surface area contributed by atoms with Crippen LogP contribution in [0.25, 0.3) is 5.76 Å². The summed E-state index contributed by atoms with van der Waals surface area (Å²) in [6.45, 7) is 11.7. The quantitative estimate of drug-likeness (QED) is 0.200. The van der Waals surface area contributed by atoms with Crippen molar-refractivity contribution in [3.63, 3.8) is 0 Å². The molecule has 2 aromatic carbocycles. The summed E-state index contributed by atoms with van der Waals surface area (Å²) in [4.78, 5) is 30.3. The van der Waals surface area contributed by atoms with Crippen molar-refractivity contribution in [2.45, 2.75) is 52.5 Å². The van der Waals surface area contributed by atoms with Gasteiger partial charge in [0.25, 0.3) is 11.7 Å². The fourth-order valence-electron chi connectivity index (χ4n) is 4.60. The number of amides is 1. The molecule has 0 bridgehead atoms. The van der Waals surface area contributed by atoms with Gasteiger partial charge in [0, 0.05) is 24.6 Å². The predicted molar refractivity (Wildman–Crippen MR) is 140 cm³/mol. The summed E-state index contributed by atoms with van der Waals surface area (Å²) < 4.78 is 5.72. The number of benzene rings is 2. The maximum Gasteiger partial charge on any atom is 0.295 e. The number of rotatable bonds is 12. The Morgan fingerprint density at radius 3 is 2.29 bits per heavy atom. The number of unbranched alkanes of at least 4 members (excludes halogenated alkanes) is 1. The van der Waals surface area contributed by atoms with Crippen molar-refractivity contribution in [3.05, 3.63) is 71.3 Å². The van der Waals surface area contributed by atoms with Gasteiger partial charge in [-0.1, -0.05) is 64.4 Å². The number of ketones is 1. The van der Waals surface area contributed by atoms with E-state index in [4.69, 9.17) is 4.74 Å². The predicted octanol–water partition coefficient (Wildman–Crippen LogP) is 5.06. The highest BCUT2D eigenvalue weighted by molar-refractivity contribution is 6.46. The van der Waals surface area contributed by atoms with Crippen molar-refractivity contribution in [2.24, 2.45) is 0 Å². The summed E-state index contributed by atoms with van der Waals surface area (Å²) in [5, 5.41) is 11.3. The first-order valence-electron chi connectivity index (χ1n) is 12.7. The molecule has 0 spiro atoms. The van der Waals surface area contributed by atoms with E-state index in [1.807, 2.05) is 37.3 Å². The first-order chi connectivity index (χ1) is 16.9. The van der Waals surface area contributed by atoms with E-state index in [-0.39, 0.29) is 17.3 Å². The fraction of sp³-hybridized carbons (Fsp3) is 0.448. The SMILES string of the molecule is CCCCOc1ccc(/C(O)=C2\C(=O)C(=O)N(CCN(CC)CC)C2C(C)c2ccccc2)cc1. The number of likely N-dealkylation sites (tertiary alicyclic amines) is 1. The molecule has 1 amide bonds. The number of aliphatic hydroxyl groups excluding tert-OH is 1. The summed E-state index contributed by atoms with van der Waals surface area (Å²) in [6.07, 6.45) is 2.02. The third-order valence-corrected chi connectivity index (χ3v) is 6.83. The van der Waals surface area contributed by atoms with Gasteiger partial charge in [-0.05, 0) is 49.3 Å². The molecule has 1 heterocycles. The Morgan fingerprint density at radius 1 is 1.03 bits per heavy atom. The molecular formula is C29H38N2O4. The molecule has 2 unspecified atom stereocenters. The van der Waals surface area contributed by atoms with Crippen molar-refractivity contribution < 1.29 is 19.4 Å². The molecular weight excluding hydrogens is 440 g/mol. The van der Waals surface area contributed by atoms with Crippen LogP contribution in [0.4, 0.5) is 0 Å². The van der Waals surface area contributed by atoms with Crippen LogP contribution in [0, 0.1) is 0 Å². The highest BCUT2D eigenvalue weighted by Gasteiger charge is 2.47.